The van der Waals surface area contributed by atoms with E-state index in [2.05, 4.69) is 26.8 Å². The summed E-state index contributed by atoms with van der Waals surface area (Å²) in [5.41, 5.74) is 2.09. The smallest absolute Gasteiger partial charge is 0.159 e. The van der Waals surface area contributed by atoms with E-state index in [-0.39, 0.29) is 17.3 Å². The van der Waals surface area contributed by atoms with Gasteiger partial charge in [0, 0.05) is 11.8 Å². The summed E-state index contributed by atoms with van der Waals surface area (Å²) in [6, 6.07) is 0. The minimum atomic E-state index is -1.19. The number of carbonyl (C=O) groups is 1. The summed E-state index contributed by atoms with van der Waals surface area (Å²) in [4.78, 5) is 13.1. The molecule has 3 nitrogen and oxygen atoms in total. The van der Waals surface area contributed by atoms with E-state index in [4.69, 9.17) is 0 Å². The molecule has 0 aromatic rings. The van der Waals surface area contributed by atoms with Gasteiger partial charge < -0.3 is 10.2 Å². The fourth-order valence-corrected chi connectivity index (χ4v) is 8.50. The first kappa shape index (κ1) is 22.5. The zero-order chi connectivity index (χ0) is 21.7. The highest BCUT2D eigenvalue weighted by Gasteiger charge is 2.59. The number of rotatable bonds is 6. The molecule has 3 heteroatoms. The average molecular weight is 417 g/mol. The number of allylic oxidation sites excluding steroid dienone is 2. The highest BCUT2D eigenvalue weighted by atomic mass is 16.5. The van der Waals surface area contributed by atoms with Crippen LogP contribution in [0.4, 0.5) is 0 Å². The Kier molecular flexibility index (Phi) is 6.27. The lowest BCUT2D eigenvalue weighted by molar-refractivity contribution is -0.128. The van der Waals surface area contributed by atoms with Gasteiger partial charge in [0.1, 0.15) is 0 Å². The van der Waals surface area contributed by atoms with Crippen LogP contribution in [0.15, 0.2) is 11.6 Å². The molecule has 4 rings (SSSR count). The van der Waals surface area contributed by atoms with Crippen LogP contribution in [0.25, 0.3) is 0 Å². The Hall–Kier alpha value is -0.670. The topological polar surface area (TPSA) is 57.5 Å². The summed E-state index contributed by atoms with van der Waals surface area (Å²) in [6.45, 7) is 9.32. The summed E-state index contributed by atoms with van der Waals surface area (Å²) >= 11 is 0. The van der Waals surface area contributed by atoms with Crippen molar-refractivity contribution in [3.05, 3.63) is 11.6 Å². The maximum Gasteiger partial charge on any atom is 0.159 e. The van der Waals surface area contributed by atoms with Crippen LogP contribution in [0.1, 0.15) is 98.3 Å². The van der Waals surface area contributed by atoms with Crippen LogP contribution in [-0.4, -0.2) is 22.3 Å². The molecule has 0 aliphatic heterocycles. The Labute approximate surface area is 183 Å². The molecule has 0 saturated heterocycles. The van der Waals surface area contributed by atoms with Gasteiger partial charge in [-0.05, 0) is 85.5 Å². The van der Waals surface area contributed by atoms with E-state index >= 15 is 0 Å². The molecule has 2 unspecified atom stereocenters. The number of hydrogen-bond acceptors (Lipinski definition) is 3. The van der Waals surface area contributed by atoms with E-state index in [1.54, 1.807) is 5.57 Å². The molecule has 30 heavy (non-hydrogen) atoms. The normalized spacial score (nSPS) is 42.9. The first-order chi connectivity index (χ1) is 14.2. The molecule has 0 radical (unpaired) electrons. The van der Waals surface area contributed by atoms with E-state index in [0.717, 1.165) is 25.2 Å². The molecule has 4 aliphatic carbocycles. The zero-order valence-electron chi connectivity index (χ0n) is 19.7. The van der Waals surface area contributed by atoms with Crippen LogP contribution in [0.2, 0.25) is 0 Å². The van der Waals surface area contributed by atoms with Crippen molar-refractivity contribution in [1.29, 1.82) is 0 Å². The number of aliphatic hydroxyl groups excluding tert-OH is 1. The molecule has 0 bridgehead atoms. The lowest BCUT2D eigenvalue weighted by Gasteiger charge is -2.56. The van der Waals surface area contributed by atoms with Crippen molar-refractivity contribution in [1.82, 2.24) is 0 Å². The number of carbonyl (C=O) groups excluding carboxylic acids is 1. The predicted octanol–water partition coefficient (Wildman–Crippen LogP) is 5.89. The Bertz CT molecular complexity index is 682. The average Bonchev–Trinajstić information content (AvgIpc) is 3.05. The lowest BCUT2D eigenvalue weighted by Crippen LogP contribution is -2.51. The molecular weight excluding hydrogens is 372 g/mol. The highest BCUT2D eigenvalue weighted by Crippen LogP contribution is 2.66. The fourth-order valence-electron chi connectivity index (χ4n) is 8.50. The summed E-state index contributed by atoms with van der Waals surface area (Å²) in [6.07, 6.45) is 14.1. The molecule has 2 N–H and O–H groups in total. The minimum absolute atomic E-state index is 0.0397. The first-order valence-corrected chi connectivity index (χ1v) is 12.8. The van der Waals surface area contributed by atoms with Crippen LogP contribution in [-0.2, 0) is 4.79 Å². The second-order valence-corrected chi connectivity index (χ2v) is 12.0. The maximum absolute atomic E-state index is 13.1. The van der Waals surface area contributed by atoms with Crippen LogP contribution < -0.4 is 0 Å². The molecule has 170 valence electrons. The van der Waals surface area contributed by atoms with Gasteiger partial charge in [-0.1, -0.05) is 59.0 Å². The van der Waals surface area contributed by atoms with E-state index in [9.17, 15) is 15.0 Å². The van der Waals surface area contributed by atoms with Crippen molar-refractivity contribution in [2.75, 3.05) is 0 Å². The fraction of sp³-hybridized carbons (Fsp3) is 0.889. The molecular formula is C27H44O3. The maximum atomic E-state index is 13.1. The van der Waals surface area contributed by atoms with Crippen molar-refractivity contribution in [2.45, 2.75) is 105 Å². The van der Waals surface area contributed by atoms with Crippen molar-refractivity contribution in [3.8, 4) is 0 Å². The van der Waals surface area contributed by atoms with E-state index in [1.165, 1.54) is 51.4 Å². The first-order valence-electron chi connectivity index (χ1n) is 12.8. The Morgan fingerprint density at radius 1 is 0.933 bits per heavy atom. The summed E-state index contributed by atoms with van der Waals surface area (Å²) < 4.78 is 0. The third-order valence-electron chi connectivity index (χ3n) is 10.4. The minimum Gasteiger partial charge on any atom is -0.368 e. The number of hydrogen-bond donors (Lipinski definition) is 2. The number of fused-ring (bicyclic) bond motifs is 5. The van der Waals surface area contributed by atoms with Crippen molar-refractivity contribution in [3.63, 3.8) is 0 Å². The van der Waals surface area contributed by atoms with Gasteiger partial charge in [-0.25, -0.2) is 0 Å². The predicted molar refractivity (Wildman–Crippen MR) is 121 cm³/mol. The van der Waals surface area contributed by atoms with Gasteiger partial charge in [0.05, 0.1) is 0 Å². The molecule has 0 amide bonds. The number of ketones is 1. The van der Waals surface area contributed by atoms with Crippen LogP contribution in [0.5, 0.6) is 0 Å². The van der Waals surface area contributed by atoms with Gasteiger partial charge in [0.15, 0.2) is 12.1 Å². The van der Waals surface area contributed by atoms with Gasteiger partial charge in [0.2, 0.25) is 0 Å². The zero-order valence-corrected chi connectivity index (χ0v) is 19.7. The van der Waals surface area contributed by atoms with Crippen molar-refractivity contribution in [2.24, 2.45) is 46.3 Å². The van der Waals surface area contributed by atoms with E-state index in [1.807, 2.05) is 6.92 Å². The molecule has 3 saturated carbocycles. The van der Waals surface area contributed by atoms with Gasteiger partial charge in [0.25, 0.3) is 0 Å². The van der Waals surface area contributed by atoms with Crippen LogP contribution >= 0.6 is 0 Å². The monoisotopic (exact) mass is 416 g/mol. The summed E-state index contributed by atoms with van der Waals surface area (Å²) in [5, 5.41) is 18.7. The summed E-state index contributed by atoms with van der Waals surface area (Å²) in [7, 11) is 0. The molecule has 3 fully saturated rings. The molecule has 8 atom stereocenters. The number of aliphatic hydroxyl groups is 2. The van der Waals surface area contributed by atoms with E-state index < -0.39 is 6.29 Å². The Morgan fingerprint density at radius 2 is 1.67 bits per heavy atom. The second kappa shape index (κ2) is 8.35. The van der Waals surface area contributed by atoms with Gasteiger partial charge in [-0.2, -0.15) is 0 Å². The van der Waals surface area contributed by atoms with Crippen molar-refractivity contribution < 1.29 is 15.0 Å². The van der Waals surface area contributed by atoms with Crippen LogP contribution in [0.3, 0.4) is 0 Å². The van der Waals surface area contributed by atoms with Crippen LogP contribution in [0, 0.1) is 46.3 Å². The molecule has 0 aromatic carbocycles. The second-order valence-electron chi connectivity index (χ2n) is 12.0. The molecule has 0 spiro atoms. The third kappa shape index (κ3) is 3.62. The van der Waals surface area contributed by atoms with Gasteiger partial charge >= 0.3 is 0 Å². The third-order valence-corrected chi connectivity index (χ3v) is 10.4. The van der Waals surface area contributed by atoms with Gasteiger partial charge in [-0.15, -0.1) is 0 Å². The SMILES string of the molecule is CC(CCC[C@@H](C)[C@H]1CC[C@H]2C3=CC(=O)C4CCCC[C@]4(C)[C@H]3CC[C@]12C)C(O)O. The Balaban J connectivity index is 1.49. The summed E-state index contributed by atoms with van der Waals surface area (Å²) in [5.74, 6) is 3.32. The van der Waals surface area contributed by atoms with Crippen molar-refractivity contribution >= 4 is 5.78 Å². The molecule has 4 aliphatic rings. The Morgan fingerprint density at radius 3 is 2.40 bits per heavy atom. The van der Waals surface area contributed by atoms with E-state index in [0.29, 0.717) is 29.0 Å². The largest absolute Gasteiger partial charge is 0.368 e. The van der Waals surface area contributed by atoms with Gasteiger partial charge in [-0.3, -0.25) is 4.79 Å². The standard InChI is InChI=1S/C27H44O3/c1-17(8-7-9-18(2)25(29)30)20-11-12-21-19-16-24(28)23-10-5-6-14-26(23,3)22(19)13-15-27(20,21)4/h16-18,20-23,25,29-30H,5-15H2,1-4H3/t17-,18?,20-,21+,22+,23?,26-,27-/m1/s1. The molecule has 0 heterocycles. The quantitative estimate of drug-likeness (QED) is 0.531. The molecule has 0 aromatic heterocycles. The lowest BCUT2D eigenvalue weighted by atomic mass is 9.47. The highest BCUT2D eigenvalue weighted by molar-refractivity contribution is 5.94.